The molecule has 0 saturated carbocycles. The summed E-state index contributed by atoms with van der Waals surface area (Å²) in [5.74, 6) is 0.325. The van der Waals surface area contributed by atoms with Gasteiger partial charge in [0.15, 0.2) is 0 Å². The maximum atomic E-state index is 12.6. The molecular weight excluding hydrogens is 484 g/mol. The number of hydrogen-bond donors (Lipinski definition) is 3. The lowest BCUT2D eigenvalue weighted by molar-refractivity contribution is 0.0692. The number of nitrogens with zero attached hydrogens (tertiary/aromatic N) is 2. The third-order valence-corrected chi connectivity index (χ3v) is 6.97. The predicted molar refractivity (Wildman–Crippen MR) is 146 cm³/mol. The van der Waals surface area contributed by atoms with Crippen LogP contribution in [0.3, 0.4) is 0 Å². The van der Waals surface area contributed by atoms with Gasteiger partial charge in [-0.2, -0.15) is 0 Å². The maximum absolute atomic E-state index is 12.6. The molecule has 4 rings (SSSR count). The van der Waals surface area contributed by atoms with E-state index in [0.717, 1.165) is 41.6 Å². The van der Waals surface area contributed by atoms with Crippen molar-refractivity contribution in [2.45, 2.75) is 49.9 Å². The Bertz CT molecular complexity index is 1370. The summed E-state index contributed by atoms with van der Waals surface area (Å²) in [5, 5.41) is 20.5. The third kappa shape index (κ3) is 7.07. The molecule has 7 nitrogen and oxygen atoms in total. The van der Waals surface area contributed by atoms with E-state index in [0.29, 0.717) is 5.69 Å². The van der Waals surface area contributed by atoms with Crippen LogP contribution >= 0.6 is 11.8 Å². The van der Waals surface area contributed by atoms with Gasteiger partial charge in [-0.15, -0.1) is 5.10 Å². The Morgan fingerprint density at radius 3 is 2.46 bits per heavy atom. The van der Waals surface area contributed by atoms with Crippen LogP contribution in [0.15, 0.2) is 78.0 Å². The summed E-state index contributed by atoms with van der Waals surface area (Å²) in [6.07, 6.45) is 2.79. The first-order valence-electron chi connectivity index (χ1n) is 12.3. The predicted octanol–water partition coefficient (Wildman–Crippen LogP) is 6.48. The molecule has 1 heterocycles. The molecule has 0 aliphatic carbocycles. The number of carbonyl (C=O) groups excluding carboxylic acids is 1. The van der Waals surface area contributed by atoms with Crippen molar-refractivity contribution in [1.82, 2.24) is 15.2 Å². The average molecular weight is 515 g/mol. The van der Waals surface area contributed by atoms with Crippen molar-refractivity contribution in [2.24, 2.45) is 0 Å². The average Bonchev–Trinajstić information content (AvgIpc) is 3.37. The number of thioether (sulfide) groups is 1. The number of carbonyl (C=O) groups is 2. The molecule has 37 heavy (non-hydrogen) atoms. The van der Waals surface area contributed by atoms with Crippen LogP contribution in [0, 0.1) is 6.92 Å². The van der Waals surface area contributed by atoms with Crippen LogP contribution in [0.1, 0.15) is 68.9 Å². The van der Waals surface area contributed by atoms with Gasteiger partial charge >= 0.3 is 5.97 Å². The quantitative estimate of drug-likeness (QED) is 0.198. The Balaban J connectivity index is 1.39. The van der Waals surface area contributed by atoms with E-state index in [4.69, 9.17) is 4.98 Å². The van der Waals surface area contributed by atoms with E-state index >= 15 is 0 Å². The monoisotopic (exact) mass is 514 g/mol. The number of rotatable bonds is 11. The molecule has 0 aliphatic rings. The summed E-state index contributed by atoms with van der Waals surface area (Å²) in [6.45, 7) is 4.25. The van der Waals surface area contributed by atoms with Crippen LogP contribution < -0.4 is 5.32 Å². The molecule has 8 heteroatoms. The first-order chi connectivity index (χ1) is 17.9. The van der Waals surface area contributed by atoms with Crippen LogP contribution in [0.5, 0.6) is 0 Å². The summed E-state index contributed by atoms with van der Waals surface area (Å²) in [6, 6.07) is 22.3. The molecule has 0 bridgehead atoms. The SMILES string of the molecule is CCCC(Cc1ccc(NC(=O)c2ccccc2C(=O)O)cc1)c1nc(SCc2cccc(C)c2)n[nH]1. The van der Waals surface area contributed by atoms with Crippen molar-refractivity contribution in [3.05, 3.63) is 106 Å². The standard InChI is InChI=1S/C29H30N4O3S/c1-3-7-22(26-31-29(33-32-26)37-18-21-9-6-8-19(2)16-21)17-20-12-14-23(15-13-20)30-27(34)24-10-4-5-11-25(24)28(35)36/h4-6,8-16,22H,3,7,17-18H2,1-2H3,(H,30,34)(H,35,36)(H,31,32,33). The molecule has 3 aromatic carbocycles. The van der Waals surface area contributed by atoms with Gasteiger partial charge in [-0.05, 0) is 55.2 Å². The number of aromatic amines is 1. The maximum Gasteiger partial charge on any atom is 0.336 e. The molecule has 0 aliphatic heterocycles. The van der Waals surface area contributed by atoms with Crippen molar-refractivity contribution in [3.8, 4) is 0 Å². The molecule has 0 radical (unpaired) electrons. The van der Waals surface area contributed by atoms with E-state index < -0.39 is 11.9 Å². The second kappa shape index (κ2) is 12.4. The number of H-pyrrole nitrogens is 1. The van der Waals surface area contributed by atoms with Crippen molar-refractivity contribution < 1.29 is 14.7 Å². The molecular formula is C29H30N4O3S. The van der Waals surface area contributed by atoms with E-state index in [9.17, 15) is 14.7 Å². The van der Waals surface area contributed by atoms with E-state index in [1.54, 1.807) is 23.9 Å². The minimum Gasteiger partial charge on any atom is -0.478 e. The molecule has 190 valence electrons. The largest absolute Gasteiger partial charge is 0.478 e. The summed E-state index contributed by atoms with van der Waals surface area (Å²) in [4.78, 5) is 28.8. The Morgan fingerprint density at radius 1 is 1.00 bits per heavy atom. The summed E-state index contributed by atoms with van der Waals surface area (Å²) < 4.78 is 0. The number of hydrogen-bond acceptors (Lipinski definition) is 5. The van der Waals surface area contributed by atoms with Gasteiger partial charge in [-0.1, -0.05) is 79.2 Å². The Labute approximate surface area is 220 Å². The lowest BCUT2D eigenvalue weighted by atomic mass is 9.94. The highest BCUT2D eigenvalue weighted by Crippen LogP contribution is 2.27. The molecule has 0 fully saturated rings. The number of carboxylic acid groups (broad SMARTS) is 1. The van der Waals surface area contributed by atoms with Crippen LogP contribution in [0.4, 0.5) is 5.69 Å². The number of carboxylic acids is 1. The topological polar surface area (TPSA) is 108 Å². The van der Waals surface area contributed by atoms with Gasteiger partial charge < -0.3 is 10.4 Å². The Kier molecular flexibility index (Phi) is 8.74. The fourth-order valence-corrected chi connectivity index (χ4v) is 4.96. The third-order valence-electron chi connectivity index (χ3n) is 6.05. The van der Waals surface area contributed by atoms with E-state index in [1.807, 2.05) is 24.3 Å². The lowest BCUT2D eigenvalue weighted by Gasteiger charge is -2.14. The molecule has 0 saturated heterocycles. The number of anilines is 1. The fraction of sp³-hybridized carbons (Fsp3) is 0.241. The Hall–Kier alpha value is -3.91. The second-order valence-corrected chi connectivity index (χ2v) is 9.91. The van der Waals surface area contributed by atoms with Gasteiger partial charge in [0.25, 0.3) is 5.91 Å². The second-order valence-electron chi connectivity index (χ2n) is 8.97. The van der Waals surface area contributed by atoms with Crippen LogP contribution in [-0.4, -0.2) is 32.2 Å². The number of aromatic carboxylic acids is 1. The van der Waals surface area contributed by atoms with Crippen LogP contribution in [-0.2, 0) is 12.2 Å². The van der Waals surface area contributed by atoms with E-state index in [2.05, 4.69) is 53.6 Å². The lowest BCUT2D eigenvalue weighted by Crippen LogP contribution is -2.16. The molecule has 1 amide bonds. The highest BCUT2D eigenvalue weighted by Gasteiger charge is 2.18. The molecule has 0 spiro atoms. The van der Waals surface area contributed by atoms with Crippen molar-refractivity contribution >= 4 is 29.3 Å². The van der Waals surface area contributed by atoms with Crippen molar-refractivity contribution in [1.29, 1.82) is 0 Å². The summed E-state index contributed by atoms with van der Waals surface area (Å²) in [7, 11) is 0. The minimum atomic E-state index is -1.13. The summed E-state index contributed by atoms with van der Waals surface area (Å²) in [5.41, 5.74) is 4.32. The number of amides is 1. The van der Waals surface area contributed by atoms with Gasteiger partial charge in [0.2, 0.25) is 5.16 Å². The highest BCUT2D eigenvalue weighted by atomic mass is 32.2. The number of benzene rings is 3. The Morgan fingerprint density at radius 2 is 1.76 bits per heavy atom. The van der Waals surface area contributed by atoms with E-state index in [-0.39, 0.29) is 17.0 Å². The normalized spacial score (nSPS) is 11.7. The fourth-order valence-electron chi connectivity index (χ4n) is 4.21. The minimum absolute atomic E-state index is 0.0255. The van der Waals surface area contributed by atoms with Gasteiger partial charge in [-0.3, -0.25) is 9.89 Å². The number of nitrogens with one attached hydrogen (secondary N) is 2. The zero-order valence-corrected chi connectivity index (χ0v) is 21.7. The smallest absolute Gasteiger partial charge is 0.336 e. The van der Waals surface area contributed by atoms with Gasteiger partial charge in [-0.25, -0.2) is 9.78 Å². The van der Waals surface area contributed by atoms with Gasteiger partial charge in [0, 0.05) is 17.4 Å². The molecule has 1 atom stereocenters. The van der Waals surface area contributed by atoms with Crippen molar-refractivity contribution in [3.63, 3.8) is 0 Å². The number of aromatic nitrogens is 3. The zero-order valence-electron chi connectivity index (χ0n) is 20.9. The van der Waals surface area contributed by atoms with Crippen molar-refractivity contribution in [2.75, 3.05) is 5.32 Å². The molecule has 1 unspecified atom stereocenters. The summed E-state index contributed by atoms with van der Waals surface area (Å²) >= 11 is 1.62. The molecule has 3 N–H and O–H groups in total. The molecule has 4 aromatic rings. The zero-order chi connectivity index (χ0) is 26.2. The highest BCUT2D eigenvalue weighted by molar-refractivity contribution is 7.98. The van der Waals surface area contributed by atoms with E-state index in [1.165, 1.54) is 23.3 Å². The van der Waals surface area contributed by atoms with Gasteiger partial charge in [0.05, 0.1) is 11.1 Å². The molecule has 1 aromatic heterocycles. The first-order valence-corrected chi connectivity index (χ1v) is 13.2. The van der Waals surface area contributed by atoms with Gasteiger partial charge in [0.1, 0.15) is 5.82 Å². The van der Waals surface area contributed by atoms with Crippen LogP contribution in [0.25, 0.3) is 0 Å². The number of aryl methyl sites for hydroxylation is 1. The first kappa shape index (κ1) is 26.2. The van der Waals surface area contributed by atoms with Crippen LogP contribution in [0.2, 0.25) is 0 Å².